The molecule has 0 radical (unpaired) electrons. The maximum absolute atomic E-state index is 5.35. The van der Waals surface area contributed by atoms with Gasteiger partial charge in [-0.3, -0.25) is 0 Å². The summed E-state index contributed by atoms with van der Waals surface area (Å²) >= 11 is 0. The fraction of sp³-hybridized carbons (Fsp3) is 0.556. The zero-order valence-corrected chi connectivity index (χ0v) is 65.9. The Bertz CT molecular complexity index is 2520. The number of rotatable bonds is 21. The summed E-state index contributed by atoms with van der Waals surface area (Å²) in [6.07, 6.45) is 25.7. The smallest absolute Gasteiger partial charge is 0.119 e. The van der Waals surface area contributed by atoms with Crippen LogP contribution in [0.1, 0.15) is 296 Å². The summed E-state index contributed by atoms with van der Waals surface area (Å²) in [5.41, 5.74) is 19.0. The third kappa shape index (κ3) is 55.1. The molecule has 0 aliphatic rings. The highest BCUT2D eigenvalue weighted by molar-refractivity contribution is 5.31. The second kappa shape index (κ2) is 67.0. The molecule has 6 rings (SSSR count). The van der Waals surface area contributed by atoms with Crippen LogP contribution in [0.4, 0.5) is 0 Å². The van der Waals surface area contributed by atoms with Crippen molar-refractivity contribution in [3.8, 4) is 5.75 Å². The van der Waals surface area contributed by atoms with Crippen LogP contribution < -0.4 is 4.74 Å². The Kier molecular flexibility index (Phi) is 69.4. The number of hydrogen-bond donors (Lipinski definition) is 0. The predicted octanol–water partition coefficient (Wildman–Crippen LogP) is 28.8. The van der Waals surface area contributed by atoms with Crippen molar-refractivity contribution < 1.29 is 9.47 Å². The quantitative estimate of drug-likeness (QED) is 0.0528. The van der Waals surface area contributed by atoms with Crippen molar-refractivity contribution in [2.24, 2.45) is 11.3 Å². The number of hydrogen-bond acceptors (Lipinski definition) is 2. The fourth-order valence-corrected chi connectivity index (χ4v) is 8.55. The van der Waals surface area contributed by atoms with Crippen molar-refractivity contribution in [2.45, 2.75) is 303 Å². The average molecular weight is 1260 g/mol. The molecule has 6 aromatic carbocycles. The molecule has 0 fully saturated rings. The van der Waals surface area contributed by atoms with E-state index in [0.29, 0.717) is 11.3 Å². The van der Waals surface area contributed by atoms with Gasteiger partial charge in [0.25, 0.3) is 0 Å². The Morgan fingerprint density at radius 1 is 0.424 bits per heavy atom. The minimum atomic E-state index is 0.654. The van der Waals surface area contributed by atoms with Gasteiger partial charge in [0.15, 0.2) is 0 Å². The molecule has 0 saturated carbocycles. The van der Waals surface area contributed by atoms with E-state index in [1.54, 1.807) is 0 Å². The molecule has 2 heteroatoms. The van der Waals surface area contributed by atoms with E-state index < -0.39 is 0 Å². The summed E-state index contributed by atoms with van der Waals surface area (Å²) < 4.78 is 10.5. The van der Waals surface area contributed by atoms with Gasteiger partial charge in [-0.2, -0.15) is 0 Å². The molecular formula is C90H150O2. The van der Waals surface area contributed by atoms with Gasteiger partial charge in [0.2, 0.25) is 0 Å². The standard InChI is InChI=1S/C11H16.C10H14O.2C10H14.2C9H12.C9H20.C6H14O.C6H14.C6H12.C4H8/c1-4-10-5-7-11(8-6-10)9(2)3;1-3-9-6-5-7-10(8-9)11-4-2;1-4-10-6-5-8(2)9(3)7-10;1-3-4-10-7-5-9(2)6-8-10;1-3-9-6-4-5-8(2)7-9;1-3-9-7-5-4-6-8(9)2;1-5-9(6-2,7-3)8-4;1-3-5-7-6-4-2;2*1-4-6(3)5-2;1-3-4-2/h5-9H,4H2,1-3H3;5-8H,3-4H2,1-2H3;5-7H,4H2,1-3H3;5-8H,3-4H2,1-2H3;2*4-7H,3H2,1-2H3;5-8H2,1-4H3;3-6H2,1-2H3;6H,4-5H2,1-3H3;4H,5H2,1-3H3;3-4H,1-2H3/b;;;;;;;;;6-4+;4-3+. The molecule has 0 N–H and O–H groups in total. The van der Waals surface area contributed by atoms with Crippen LogP contribution in [0.25, 0.3) is 0 Å². The molecular weight excluding hydrogens is 1110 g/mol. The molecule has 0 aliphatic heterocycles. The average Bonchev–Trinajstić information content (AvgIpc) is 2.40. The summed E-state index contributed by atoms with van der Waals surface area (Å²) in [4.78, 5) is 0. The van der Waals surface area contributed by atoms with E-state index >= 15 is 0 Å². The molecule has 0 atom stereocenters. The third-order valence-electron chi connectivity index (χ3n) is 16.9. The van der Waals surface area contributed by atoms with Crippen molar-refractivity contribution in [3.63, 3.8) is 0 Å². The van der Waals surface area contributed by atoms with Crippen molar-refractivity contribution >= 4 is 0 Å². The first kappa shape index (κ1) is 95.3. The first-order valence-electron chi connectivity index (χ1n) is 36.8. The van der Waals surface area contributed by atoms with Gasteiger partial charge in [-0.15, -0.1) is 0 Å². The molecule has 6 aromatic rings. The minimum Gasteiger partial charge on any atom is -0.494 e. The van der Waals surface area contributed by atoms with Gasteiger partial charge >= 0.3 is 0 Å². The number of ether oxygens (including phenoxy) is 2. The molecule has 0 aliphatic carbocycles. The van der Waals surface area contributed by atoms with Crippen LogP contribution in [0.5, 0.6) is 5.75 Å². The predicted molar refractivity (Wildman–Crippen MR) is 423 cm³/mol. The molecule has 0 amide bonds. The highest BCUT2D eigenvalue weighted by atomic mass is 16.5. The second-order valence-corrected chi connectivity index (χ2v) is 24.4. The molecule has 522 valence electrons. The first-order valence-corrected chi connectivity index (χ1v) is 36.8. The Morgan fingerprint density at radius 3 is 1.22 bits per heavy atom. The second-order valence-electron chi connectivity index (χ2n) is 24.4. The van der Waals surface area contributed by atoms with E-state index in [1.807, 2.05) is 45.1 Å². The molecule has 0 bridgehead atoms. The van der Waals surface area contributed by atoms with Gasteiger partial charge in [0, 0.05) is 13.2 Å². The Morgan fingerprint density at radius 2 is 0.891 bits per heavy atom. The number of aryl methyl sites for hydroxylation is 11. The van der Waals surface area contributed by atoms with Gasteiger partial charge in [0.1, 0.15) is 5.75 Å². The maximum atomic E-state index is 5.35. The minimum absolute atomic E-state index is 0.654. The molecule has 0 heterocycles. The number of benzene rings is 6. The largest absolute Gasteiger partial charge is 0.494 e. The highest BCUT2D eigenvalue weighted by Gasteiger charge is 2.20. The van der Waals surface area contributed by atoms with Crippen molar-refractivity contribution in [1.29, 1.82) is 0 Å². The zero-order chi connectivity index (χ0) is 71.0. The zero-order valence-electron chi connectivity index (χ0n) is 65.9. The first-order chi connectivity index (χ1) is 44.0. The summed E-state index contributed by atoms with van der Waals surface area (Å²) in [6.45, 7) is 63.4. The lowest BCUT2D eigenvalue weighted by Gasteiger charge is -2.28. The Balaban J connectivity index is -0.000000304. The normalized spacial score (nSPS) is 10.2. The van der Waals surface area contributed by atoms with Gasteiger partial charge in [-0.05, 0) is 212 Å². The molecule has 0 spiro atoms. The summed E-state index contributed by atoms with van der Waals surface area (Å²) in [6, 6.07) is 49.6. The molecule has 0 saturated heterocycles. The van der Waals surface area contributed by atoms with Crippen molar-refractivity contribution in [1.82, 2.24) is 0 Å². The van der Waals surface area contributed by atoms with Gasteiger partial charge in [0.05, 0.1) is 6.61 Å². The van der Waals surface area contributed by atoms with E-state index in [4.69, 9.17) is 9.47 Å². The maximum Gasteiger partial charge on any atom is 0.119 e. The van der Waals surface area contributed by atoms with Crippen LogP contribution in [0, 0.1) is 46.0 Å². The van der Waals surface area contributed by atoms with Gasteiger partial charge in [-0.25, -0.2) is 0 Å². The summed E-state index contributed by atoms with van der Waals surface area (Å²) in [7, 11) is 0. The van der Waals surface area contributed by atoms with E-state index in [0.717, 1.165) is 76.4 Å². The monoisotopic (exact) mass is 1260 g/mol. The SMILES string of the molecule is C/C=C(\C)CC.C/C=C/C.CCC(C)CC.CCC(CC)(CC)CC.CCCOCCC.CCCc1ccc(C)cc1.CCOc1cccc(CC)c1.CCc1ccc(C(C)C)cc1.CCc1ccc(C)c(C)c1.CCc1cccc(C)c1.CCc1ccccc1C. The van der Waals surface area contributed by atoms with Crippen LogP contribution in [-0.2, 0) is 43.3 Å². The van der Waals surface area contributed by atoms with Crippen LogP contribution in [-0.4, -0.2) is 19.8 Å². The Labute approximate surface area is 575 Å². The number of allylic oxidation sites excluding steroid dienone is 4. The lowest BCUT2D eigenvalue weighted by Crippen LogP contribution is -2.15. The molecule has 0 unspecified atom stereocenters. The Hall–Kier alpha value is -5.44. The van der Waals surface area contributed by atoms with E-state index in [1.165, 1.54) is 130 Å². The van der Waals surface area contributed by atoms with Gasteiger partial charge in [-0.1, -0.05) is 332 Å². The summed E-state index contributed by atoms with van der Waals surface area (Å²) in [5, 5.41) is 0. The van der Waals surface area contributed by atoms with E-state index in [2.05, 4.69) is 307 Å². The third-order valence-corrected chi connectivity index (χ3v) is 16.9. The van der Waals surface area contributed by atoms with Crippen molar-refractivity contribution in [3.05, 3.63) is 230 Å². The lowest BCUT2D eigenvalue weighted by atomic mass is 9.78. The highest BCUT2D eigenvalue weighted by Crippen LogP contribution is 2.33. The van der Waals surface area contributed by atoms with Crippen LogP contribution in [0.2, 0.25) is 0 Å². The topological polar surface area (TPSA) is 18.5 Å². The molecule has 0 aromatic heterocycles. The van der Waals surface area contributed by atoms with Crippen LogP contribution in [0.3, 0.4) is 0 Å². The fourth-order valence-electron chi connectivity index (χ4n) is 8.55. The van der Waals surface area contributed by atoms with Crippen LogP contribution in [0.15, 0.2) is 163 Å². The van der Waals surface area contributed by atoms with Gasteiger partial charge < -0.3 is 9.47 Å². The molecule has 92 heavy (non-hydrogen) atoms. The van der Waals surface area contributed by atoms with Crippen LogP contribution >= 0.6 is 0 Å². The van der Waals surface area contributed by atoms with E-state index in [9.17, 15) is 0 Å². The molecule has 2 nitrogen and oxygen atoms in total. The van der Waals surface area contributed by atoms with E-state index in [-0.39, 0.29) is 0 Å². The summed E-state index contributed by atoms with van der Waals surface area (Å²) in [5.74, 6) is 2.57. The lowest BCUT2D eigenvalue weighted by molar-refractivity contribution is 0.135. The van der Waals surface area contributed by atoms with Crippen molar-refractivity contribution in [2.75, 3.05) is 19.8 Å².